The molecule has 0 saturated carbocycles. The minimum atomic E-state index is -0.816. The van der Waals surface area contributed by atoms with E-state index in [4.69, 9.17) is 4.74 Å². The van der Waals surface area contributed by atoms with Gasteiger partial charge in [-0.3, -0.25) is 9.59 Å². The van der Waals surface area contributed by atoms with Gasteiger partial charge in [-0.15, -0.1) is 0 Å². The molecule has 0 radical (unpaired) electrons. The fourth-order valence-electron chi connectivity index (χ4n) is 2.57. The first-order valence-electron chi connectivity index (χ1n) is 7.49. The highest BCUT2D eigenvalue weighted by Gasteiger charge is 2.36. The third-order valence-electron chi connectivity index (χ3n) is 4.00. The lowest BCUT2D eigenvalue weighted by atomic mass is 9.90. The molecule has 5 nitrogen and oxygen atoms in total. The summed E-state index contributed by atoms with van der Waals surface area (Å²) in [5, 5.41) is 9.18. The largest absolute Gasteiger partial charge is 0.481 e. The number of hydrogen-bond acceptors (Lipinski definition) is 3. The Labute approximate surface area is 121 Å². The van der Waals surface area contributed by atoms with Gasteiger partial charge in [0.15, 0.2) is 0 Å². The highest BCUT2D eigenvalue weighted by molar-refractivity contribution is 5.82. The summed E-state index contributed by atoms with van der Waals surface area (Å²) >= 11 is 0. The zero-order valence-corrected chi connectivity index (χ0v) is 13.0. The van der Waals surface area contributed by atoms with E-state index in [0.717, 1.165) is 12.8 Å². The van der Waals surface area contributed by atoms with Crippen LogP contribution in [-0.4, -0.2) is 47.2 Å². The first-order chi connectivity index (χ1) is 9.34. The molecule has 1 heterocycles. The summed E-state index contributed by atoms with van der Waals surface area (Å²) in [4.78, 5) is 25.2. The highest BCUT2D eigenvalue weighted by Crippen LogP contribution is 2.24. The molecule has 3 atom stereocenters. The van der Waals surface area contributed by atoms with Gasteiger partial charge >= 0.3 is 5.97 Å². The van der Waals surface area contributed by atoms with Crippen molar-refractivity contribution < 1.29 is 19.4 Å². The molecule has 116 valence electrons. The van der Waals surface area contributed by atoms with Crippen molar-refractivity contribution in [2.75, 3.05) is 13.2 Å². The van der Waals surface area contributed by atoms with Gasteiger partial charge in [0.2, 0.25) is 0 Å². The Morgan fingerprint density at radius 1 is 1.35 bits per heavy atom. The van der Waals surface area contributed by atoms with E-state index in [1.165, 1.54) is 0 Å². The van der Waals surface area contributed by atoms with E-state index in [1.807, 2.05) is 6.92 Å². The Bertz CT molecular complexity index is 343. The summed E-state index contributed by atoms with van der Waals surface area (Å²) in [6.45, 7) is 8.98. The Balaban J connectivity index is 2.54. The molecule has 0 spiro atoms. The van der Waals surface area contributed by atoms with Gasteiger partial charge in [-0.25, -0.2) is 0 Å². The van der Waals surface area contributed by atoms with Crippen molar-refractivity contribution in [2.24, 2.45) is 11.8 Å². The van der Waals surface area contributed by atoms with E-state index in [1.54, 1.807) is 11.8 Å². The monoisotopic (exact) mass is 285 g/mol. The molecule has 1 N–H and O–H groups in total. The van der Waals surface area contributed by atoms with Gasteiger partial charge in [0, 0.05) is 19.2 Å². The number of carbonyl (C=O) groups excluding carboxylic acids is 1. The highest BCUT2D eigenvalue weighted by atomic mass is 16.5. The molecule has 0 aromatic rings. The maximum absolute atomic E-state index is 12.4. The van der Waals surface area contributed by atoms with Crippen LogP contribution in [0.25, 0.3) is 0 Å². The SMILES string of the molecule is CC(C)CCOC(C)C(=O)N1CCC[C@H](C(=O)O)[C@@H]1C. The standard InChI is InChI=1S/C15H27NO4/c1-10(2)7-9-20-12(4)14(17)16-8-5-6-13(11(16)3)15(18)19/h10-13H,5-9H2,1-4H3,(H,18,19)/t11-,12?,13-/m0/s1. The molecule has 0 aromatic heterocycles. The van der Waals surface area contributed by atoms with Crippen molar-refractivity contribution in [3.05, 3.63) is 0 Å². The molecule has 0 aliphatic carbocycles. The second-order valence-electron chi connectivity index (χ2n) is 6.05. The lowest BCUT2D eigenvalue weighted by Gasteiger charge is -2.38. The van der Waals surface area contributed by atoms with Crippen molar-refractivity contribution in [1.82, 2.24) is 4.90 Å². The topological polar surface area (TPSA) is 66.8 Å². The number of carboxylic acid groups (broad SMARTS) is 1. The Hall–Kier alpha value is -1.10. The molecule has 5 heteroatoms. The zero-order chi connectivity index (χ0) is 15.3. The molecule has 0 bridgehead atoms. The van der Waals surface area contributed by atoms with Crippen LogP contribution in [-0.2, 0) is 14.3 Å². The molecule has 0 aromatic carbocycles. The molecule has 1 rings (SSSR count). The first-order valence-corrected chi connectivity index (χ1v) is 7.49. The third-order valence-corrected chi connectivity index (χ3v) is 4.00. The number of aliphatic carboxylic acids is 1. The van der Waals surface area contributed by atoms with Crippen molar-refractivity contribution in [3.63, 3.8) is 0 Å². The van der Waals surface area contributed by atoms with Gasteiger partial charge in [0.05, 0.1) is 5.92 Å². The Morgan fingerprint density at radius 3 is 2.55 bits per heavy atom. The van der Waals surface area contributed by atoms with Crippen LogP contribution in [0.15, 0.2) is 0 Å². The van der Waals surface area contributed by atoms with Crippen molar-refractivity contribution >= 4 is 11.9 Å². The number of ether oxygens (including phenoxy) is 1. The molecule has 20 heavy (non-hydrogen) atoms. The van der Waals surface area contributed by atoms with Crippen LogP contribution in [0.5, 0.6) is 0 Å². The Kier molecular flexibility index (Phi) is 6.46. The van der Waals surface area contributed by atoms with Gasteiger partial charge in [-0.2, -0.15) is 0 Å². The fourth-order valence-corrected chi connectivity index (χ4v) is 2.57. The predicted molar refractivity (Wildman–Crippen MR) is 76.4 cm³/mol. The molecule has 1 saturated heterocycles. The van der Waals surface area contributed by atoms with Crippen LogP contribution in [0.1, 0.15) is 47.0 Å². The van der Waals surface area contributed by atoms with Crippen molar-refractivity contribution in [1.29, 1.82) is 0 Å². The summed E-state index contributed by atoms with van der Waals surface area (Å²) in [5.41, 5.74) is 0. The molecule has 1 aliphatic rings. The first kappa shape index (κ1) is 17.0. The predicted octanol–water partition coefficient (Wildman–Crippen LogP) is 2.15. The van der Waals surface area contributed by atoms with Crippen LogP contribution in [0.2, 0.25) is 0 Å². The van der Waals surface area contributed by atoms with Gasteiger partial charge in [0.1, 0.15) is 6.10 Å². The molecular formula is C15H27NO4. The molecule has 1 aliphatic heterocycles. The lowest BCUT2D eigenvalue weighted by molar-refractivity contribution is -0.154. The number of carbonyl (C=O) groups is 2. The normalized spacial score (nSPS) is 24.8. The number of piperidine rings is 1. The zero-order valence-electron chi connectivity index (χ0n) is 13.0. The van der Waals surface area contributed by atoms with Gasteiger partial charge < -0.3 is 14.7 Å². The molecule has 1 fully saturated rings. The second kappa shape index (κ2) is 7.62. The summed E-state index contributed by atoms with van der Waals surface area (Å²) in [5.74, 6) is -0.825. The third kappa shape index (κ3) is 4.47. The molecular weight excluding hydrogens is 258 g/mol. The van der Waals surface area contributed by atoms with E-state index < -0.39 is 18.0 Å². The maximum Gasteiger partial charge on any atom is 0.308 e. The molecule has 1 unspecified atom stereocenters. The average molecular weight is 285 g/mol. The lowest BCUT2D eigenvalue weighted by Crippen LogP contribution is -2.52. The van der Waals surface area contributed by atoms with Crippen LogP contribution < -0.4 is 0 Å². The summed E-state index contributed by atoms with van der Waals surface area (Å²) in [6.07, 6.45) is 1.81. The molecule has 1 amide bonds. The van der Waals surface area contributed by atoms with Crippen molar-refractivity contribution in [2.45, 2.75) is 59.1 Å². The van der Waals surface area contributed by atoms with E-state index in [-0.39, 0.29) is 11.9 Å². The summed E-state index contributed by atoms with van der Waals surface area (Å²) < 4.78 is 5.57. The van der Waals surface area contributed by atoms with Gasteiger partial charge in [0.25, 0.3) is 5.91 Å². The van der Waals surface area contributed by atoms with E-state index >= 15 is 0 Å². The van der Waals surface area contributed by atoms with Crippen molar-refractivity contribution in [3.8, 4) is 0 Å². The minimum Gasteiger partial charge on any atom is -0.481 e. The van der Waals surface area contributed by atoms with Crippen LogP contribution in [0.4, 0.5) is 0 Å². The summed E-state index contributed by atoms with van der Waals surface area (Å²) in [7, 11) is 0. The van der Waals surface area contributed by atoms with Crippen LogP contribution in [0.3, 0.4) is 0 Å². The second-order valence-corrected chi connectivity index (χ2v) is 6.05. The van der Waals surface area contributed by atoms with E-state index in [0.29, 0.717) is 25.5 Å². The van der Waals surface area contributed by atoms with E-state index in [2.05, 4.69) is 13.8 Å². The van der Waals surface area contributed by atoms with Crippen LogP contribution >= 0.6 is 0 Å². The number of rotatable bonds is 6. The number of likely N-dealkylation sites (tertiary alicyclic amines) is 1. The van der Waals surface area contributed by atoms with Gasteiger partial charge in [-0.05, 0) is 39.0 Å². The average Bonchev–Trinajstić information content (AvgIpc) is 2.37. The van der Waals surface area contributed by atoms with E-state index in [9.17, 15) is 14.7 Å². The number of nitrogens with zero attached hydrogens (tertiary/aromatic N) is 1. The summed E-state index contributed by atoms with van der Waals surface area (Å²) in [6, 6.07) is -0.259. The maximum atomic E-state index is 12.4. The fraction of sp³-hybridized carbons (Fsp3) is 0.867. The number of hydrogen-bond donors (Lipinski definition) is 1. The Morgan fingerprint density at radius 2 is 2.00 bits per heavy atom. The number of amides is 1. The van der Waals surface area contributed by atoms with Crippen LogP contribution in [0, 0.1) is 11.8 Å². The minimum absolute atomic E-state index is 0.0905. The van der Waals surface area contributed by atoms with Gasteiger partial charge in [-0.1, -0.05) is 13.8 Å². The number of carboxylic acids is 1. The smallest absolute Gasteiger partial charge is 0.308 e. The quantitative estimate of drug-likeness (QED) is 0.812.